The molecule has 0 aromatic carbocycles. The SMILES string of the molecule is OCc1nc(CC2CCC2)n[nH]1. The predicted octanol–water partition coefficient (Wildman–Crippen LogP) is 0.640. The molecule has 2 rings (SSSR count). The highest BCUT2D eigenvalue weighted by Gasteiger charge is 2.19. The van der Waals surface area contributed by atoms with E-state index in [4.69, 9.17) is 5.11 Å². The number of aliphatic hydroxyl groups is 1. The fraction of sp³-hybridized carbons (Fsp3) is 0.750. The zero-order chi connectivity index (χ0) is 8.39. The van der Waals surface area contributed by atoms with Gasteiger partial charge in [0.1, 0.15) is 12.4 Å². The van der Waals surface area contributed by atoms with Crippen LogP contribution in [0.25, 0.3) is 0 Å². The molecule has 12 heavy (non-hydrogen) atoms. The molecule has 1 aliphatic rings. The maximum atomic E-state index is 8.72. The van der Waals surface area contributed by atoms with E-state index in [1.165, 1.54) is 19.3 Å². The third kappa shape index (κ3) is 1.48. The smallest absolute Gasteiger partial charge is 0.151 e. The van der Waals surface area contributed by atoms with Crippen LogP contribution >= 0.6 is 0 Å². The van der Waals surface area contributed by atoms with Gasteiger partial charge in [-0.15, -0.1) is 0 Å². The minimum atomic E-state index is -0.0440. The first kappa shape index (κ1) is 7.73. The molecule has 0 radical (unpaired) electrons. The summed E-state index contributed by atoms with van der Waals surface area (Å²) in [6.45, 7) is -0.0440. The molecule has 1 aromatic rings. The lowest BCUT2D eigenvalue weighted by molar-refractivity contribution is 0.271. The summed E-state index contributed by atoms with van der Waals surface area (Å²) >= 11 is 0. The molecule has 4 nitrogen and oxygen atoms in total. The highest BCUT2D eigenvalue weighted by Crippen LogP contribution is 2.28. The maximum absolute atomic E-state index is 8.72. The lowest BCUT2D eigenvalue weighted by atomic mass is 9.83. The van der Waals surface area contributed by atoms with Crippen molar-refractivity contribution in [2.24, 2.45) is 5.92 Å². The molecule has 0 amide bonds. The quantitative estimate of drug-likeness (QED) is 0.694. The third-order valence-electron chi connectivity index (χ3n) is 2.42. The van der Waals surface area contributed by atoms with E-state index < -0.39 is 0 Å². The number of hydrogen-bond acceptors (Lipinski definition) is 3. The van der Waals surface area contributed by atoms with Gasteiger partial charge in [-0.25, -0.2) is 4.98 Å². The molecular weight excluding hydrogens is 154 g/mol. The highest BCUT2D eigenvalue weighted by molar-refractivity contribution is 4.92. The van der Waals surface area contributed by atoms with Gasteiger partial charge in [0.05, 0.1) is 0 Å². The fourth-order valence-electron chi connectivity index (χ4n) is 1.45. The van der Waals surface area contributed by atoms with Crippen molar-refractivity contribution < 1.29 is 5.11 Å². The van der Waals surface area contributed by atoms with Crippen molar-refractivity contribution in [3.8, 4) is 0 Å². The van der Waals surface area contributed by atoms with E-state index in [0.29, 0.717) is 5.82 Å². The van der Waals surface area contributed by atoms with Crippen LogP contribution in [-0.4, -0.2) is 20.3 Å². The number of nitrogens with zero attached hydrogens (tertiary/aromatic N) is 2. The summed E-state index contributed by atoms with van der Waals surface area (Å²) in [7, 11) is 0. The molecule has 0 aliphatic heterocycles. The Bertz CT molecular complexity index is 255. The van der Waals surface area contributed by atoms with Gasteiger partial charge in [-0.05, 0) is 5.92 Å². The zero-order valence-corrected chi connectivity index (χ0v) is 6.95. The summed E-state index contributed by atoms with van der Waals surface area (Å²) in [5.74, 6) is 2.21. The van der Waals surface area contributed by atoms with Crippen LogP contribution in [0.4, 0.5) is 0 Å². The average molecular weight is 167 g/mol. The van der Waals surface area contributed by atoms with Crippen LogP contribution in [0.1, 0.15) is 30.9 Å². The van der Waals surface area contributed by atoms with Gasteiger partial charge >= 0.3 is 0 Å². The molecule has 0 saturated heterocycles. The number of nitrogens with one attached hydrogen (secondary N) is 1. The Balaban J connectivity index is 1.93. The number of rotatable bonds is 3. The van der Waals surface area contributed by atoms with Crippen molar-refractivity contribution in [3.63, 3.8) is 0 Å². The first-order valence-electron chi connectivity index (χ1n) is 4.39. The lowest BCUT2D eigenvalue weighted by Gasteiger charge is -2.23. The van der Waals surface area contributed by atoms with Crippen LogP contribution in [0.3, 0.4) is 0 Å². The Morgan fingerprint density at radius 1 is 1.50 bits per heavy atom. The van der Waals surface area contributed by atoms with E-state index in [9.17, 15) is 0 Å². The molecule has 66 valence electrons. The van der Waals surface area contributed by atoms with Gasteiger partial charge in [0.2, 0.25) is 0 Å². The Kier molecular flexibility index (Phi) is 2.08. The van der Waals surface area contributed by atoms with Crippen molar-refractivity contribution in [1.29, 1.82) is 0 Å². The largest absolute Gasteiger partial charge is 0.388 e. The van der Waals surface area contributed by atoms with Crippen LogP contribution < -0.4 is 0 Å². The zero-order valence-electron chi connectivity index (χ0n) is 6.95. The molecule has 1 aromatic heterocycles. The Hall–Kier alpha value is -0.900. The van der Waals surface area contributed by atoms with Crippen LogP contribution in [0.2, 0.25) is 0 Å². The summed E-state index contributed by atoms with van der Waals surface area (Å²) in [5.41, 5.74) is 0. The van der Waals surface area contributed by atoms with Crippen molar-refractivity contribution >= 4 is 0 Å². The van der Waals surface area contributed by atoms with Gasteiger partial charge in [-0.3, -0.25) is 5.10 Å². The van der Waals surface area contributed by atoms with Crippen molar-refractivity contribution in [2.75, 3.05) is 0 Å². The first-order valence-corrected chi connectivity index (χ1v) is 4.39. The lowest BCUT2D eigenvalue weighted by Crippen LogP contribution is -2.14. The first-order chi connectivity index (χ1) is 5.88. The van der Waals surface area contributed by atoms with Gasteiger partial charge < -0.3 is 5.11 Å². The van der Waals surface area contributed by atoms with Gasteiger partial charge in [0.15, 0.2) is 5.82 Å². The van der Waals surface area contributed by atoms with Crippen LogP contribution in [0.15, 0.2) is 0 Å². The minimum absolute atomic E-state index is 0.0440. The summed E-state index contributed by atoms with van der Waals surface area (Å²) in [5, 5.41) is 15.4. The highest BCUT2D eigenvalue weighted by atomic mass is 16.3. The van der Waals surface area contributed by atoms with Crippen LogP contribution in [0.5, 0.6) is 0 Å². The molecule has 2 N–H and O–H groups in total. The standard InChI is InChI=1S/C8H13N3O/c12-5-8-9-7(10-11-8)4-6-2-1-3-6/h6,12H,1-5H2,(H,9,10,11). The second-order valence-corrected chi connectivity index (χ2v) is 3.36. The van der Waals surface area contributed by atoms with Crippen molar-refractivity contribution in [3.05, 3.63) is 11.6 Å². The molecule has 0 atom stereocenters. The Morgan fingerprint density at radius 2 is 2.33 bits per heavy atom. The van der Waals surface area contributed by atoms with E-state index in [-0.39, 0.29) is 6.61 Å². The van der Waals surface area contributed by atoms with E-state index in [0.717, 1.165) is 18.2 Å². The normalized spacial score (nSPS) is 17.8. The second kappa shape index (κ2) is 3.23. The summed E-state index contributed by atoms with van der Waals surface area (Å²) in [6.07, 6.45) is 4.93. The molecule has 0 unspecified atom stereocenters. The molecule has 4 heteroatoms. The number of aromatic amines is 1. The van der Waals surface area contributed by atoms with E-state index in [1.807, 2.05) is 0 Å². The van der Waals surface area contributed by atoms with Gasteiger partial charge in [-0.2, -0.15) is 5.10 Å². The Morgan fingerprint density at radius 3 is 2.83 bits per heavy atom. The van der Waals surface area contributed by atoms with Crippen LogP contribution in [0, 0.1) is 5.92 Å². The predicted molar refractivity (Wildman–Crippen MR) is 43.4 cm³/mol. The van der Waals surface area contributed by atoms with Gasteiger partial charge in [0.25, 0.3) is 0 Å². The molecule has 1 fully saturated rings. The number of aromatic nitrogens is 3. The van der Waals surface area contributed by atoms with E-state index in [1.54, 1.807) is 0 Å². The van der Waals surface area contributed by atoms with Crippen molar-refractivity contribution in [2.45, 2.75) is 32.3 Å². The molecule has 0 spiro atoms. The monoisotopic (exact) mass is 167 g/mol. The molecule has 0 bridgehead atoms. The van der Waals surface area contributed by atoms with Crippen molar-refractivity contribution in [1.82, 2.24) is 15.2 Å². The van der Waals surface area contributed by atoms with Gasteiger partial charge in [0, 0.05) is 6.42 Å². The second-order valence-electron chi connectivity index (χ2n) is 3.36. The summed E-state index contributed by atoms with van der Waals surface area (Å²) in [4.78, 5) is 4.13. The molecule has 1 saturated carbocycles. The minimum Gasteiger partial charge on any atom is -0.388 e. The molecular formula is C8H13N3O. The molecule has 1 aliphatic carbocycles. The number of H-pyrrole nitrogens is 1. The number of hydrogen-bond donors (Lipinski definition) is 2. The average Bonchev–Trinajstić information content (AvgIpc) is 2.44. The molecule has 1 heterocycles. The maximum Gasteiger partial charge on any atom is 0.151 e. The van der Waals surface area contributed by atoms with E-state index in [2.05, 4.69) is 15.2 Å². The third-order valence-corrected chi connectivity index (χ3v) is 2.42. The van der Waals surface area contributed by atoms with Crippen LogP contribution in [-0.2, 0) is 13.0 Å². The topological polar surface area (TPSA) is 61.8 Å². The summed E-state index contributed by atoms with van der Waals surface area (Å²) < 4.78 is 0. The number of aliphatic hydroxyl groups excluding tert-OH is 1. The Labute approximate surface area is 71.0 Å². The van der Waals surface area contributed by atoms with Gasteiger partial charge in [-0.1, -0.05) is 19.3 Å². The van der Waals surface area contributed by atoms with E-state index >= 15 is 0 Å². The fourth-order valence-corrected chi connectivity index (χ4v) is 1.45. The summed E-state index contributed by atoms with van der Waals surface area (Å²) in [6, 6.07) is 0.